The van der Waals surface area contributed by atoms with Crippen LogP contribution in [0.15, 0.2) is 41.5 Å². The molecule has 8 nitrogen and oxygen atoms in total. The molecular weight excluding hydrogens is 370 g/mol. The first-order valence-electron chi connectivity index (χ1n) is 8.22. The van der Waals surface area contributed by atoms with E-state index in [0.29, 0.717) is 28.7 Å². The van der Waals surface area contributed by atoms with Gasteiger partial charge in [-0.2, -0.15) is 5.10 Å². The van der Waals surface area contributed by atoms with Crippen LogP contribution in [0.5, 0.6) is 11.5 Å². The van der Waals surface area contributed by atoms with Crippen molar-refractivity contribution < 1.29 is 14.3 Å². The first-order chi connectivity index (χ1) is 13.1. The third kappa shape index (κ3) is 4.35. The summed E-state index contributed by atoms with van der Waals surface area (Å²) < 4.78 is 12.3. The second-order valence-electron chi connectivity index (χ2n) is 5.50. The van der Waals surface area contributed by atoms with E-state index in [1.807, 2.05) is 31.2 Å². The molecule has 0 spiro atoms. The van der Waals surface area contributed by atoms with Gasteiger partial charge in [0.05, 0.1) is 30.5 Å². The Labute approximate surface area is 160 Å². The Bertz CT molecular complexity index is 986. The Morgan fingerprint density at radius 1 is 1.37 bits per heavy atom. The van der Waals surface area contributed by atoms with Crippen LogP contribution in [-0.2, 0) is 11.3 Å². The van der Waals surface area contributed by atoms with E-state index in [-0.39, 0.29) is 12.5 Å². The summed E-state index contributed by atoms with van der Waals surface area (Å²) in [6, 6.07) is 10.8. The van der Waals surface area contributed by atoms with Gasteiger partial charge in [-0.25, -0.2) is 10.1 Å². The van der Waals surface area contributed by atoms with E-state index in [2.05, 4.69) is 20.8 Å². The van der Waals surface area contributed by atoms with Gasteiger partial charge in [0.2, 0.25) is 0 Å². The zero-order valence-electron chi connectivity index (χ0n) is 14.8. The minimum absolute atomic E-state index is 0.00517. The maximum absolute atomic E-state index is 12.1. The van der Waals surface area contributed by atoms with Gasteiger partial charge in [-0.3, -0.25) is 4.79 Å². The number of amides is 1. The number of aromatic nitrogens is 3. The summed E-state index contributed by atoms with van der Waals surface area (Å²) in [7, 11) is 1.53. The van der Waals surface area contributed by atoms with Crippen LogP contribution in [0, 0.1) is 0 Å². The largest absolute Gasteiger partial charge is 0.493 e. The highest BCUT2D eigenvalue weighted by atomic mass is 35.5. The van der Waals surface area contributed by atoms with E-state index in [9.17, 15) is 4.79 Å². The molecule has 0 atom stereocenters. The Kier molecular flexibility index (Phi) is 5.87. The van der Waals surface area contributed by atoms with Crippen LogP contribution in [0.25, 0.3) is 11.0 Å². The number of hydrogen-bond acceptors (Lipinski definition) is 6. The molecule has 0 radical (unpaired) electrons. The van der Waals surface area contributed by atoms with E-state index in [0.717, 1.165) is 11.0 Å². The van der Waals surface area contributed by atoms with Crippen molar-refractivity contribution in [2.45, 2.75) is 13.5 Å². The van der Waals surface area contributed by atoms with Crippen molar-refractivity contribution in [2.24, 2.45) is 5.10 Å². The summed E-state index contributed by atoms with van der Waals surface area (Å²) in [5.41, 5.74) is 4.62. The first kappa shape index (κ1) is 18.7. The van der Waals surface area contributed by atoms with Gasteiger partial charge in [-0.1, -0.05) is 28.9 Å². The normalized spacial score (nSPS) is 11.1. The molecule has 2 aromatic carbocycles. The number of halogens is 1. The monoisotopic (exact) mass is 387 g/mol. The minimum atomic E-state index is -0.328. The lowest BCUT2D eigenvalue weighted by Crippen LogP contribution is -2.23. The van der Waals surface area contributed by atoms with E-state index in [1.165, 1.54) is 18.0 Å². The lowest BCUT2D eigenvalue weighted by molar-refractivity contribution is -0.121. The molecule has 0 aliphatic carbocycles. The lowest BCUT2D eigenvalue weighted by atomic mass is 10.2. The average Bonchev–Trinajstić information content (AvgIpc) is 3.06. The van der Waals surface area contributed by atoms with Crippen LogP contribution in [0.2, 0.25) is 5.02 Å². The molecule has 0 saturated heterocycles. The van der Waals surface area contributed by atoms with E-state index in [1.54, 1.807) is 12.1 Å². The second-order valence-corrected chi connectivity index (χ2v) is 5.90. The van der Waals surface area contributed by atoms with Crippen molar-refractivity contribution in [2.75, 3.05) is 13.7 Å². The highest BCUT2D eigenvalue weighted by Crippen LogP contribution is 2.35. The summed E-state index contributed by atoms with van der Waals surface area (Å²) in [4.78, 5) is 12.1. The number of ether oxygens (including phenoxy) is 2. The molecule has 140 valence electrons. The molecule has 0 aliphatic heterocycles. The topological polar surface area (TPSA) is 90.6 Å². The number of carbonyl (C=O) groups excluding carboxylic acids is 1. The second kappa shape index (κ2) is 8.50. The van der Waals surface area contributed by atoms with Crippen molar-refractivity contribution in [3.8, 4) is 11.5 Å². The number of para-hydroxylation sites is 1. The van der Waals surface area contributed by atoms with Crippen molar-refractivity contribution in [3.63, 3.8) is 0 Å². The summed E-state index contributed by atoms with van der Waals surface area (Å²) in [6.45, 7) is 2.33. The molecule has 0 bridgehead atoms. The van der Waals surface area contributed by atoms with Gasteiger partial charge >= 0.3 is 0 Å². The molecule has 1 heterocycles. The van der Waals surface area contributed by atoms with Crippen LogP contribution in [0.3, 0.4) is 0 Å². The average molecular weight is 388 g/mol. The molecule has 3 rings (SSSR count). The van der Waals surface area contributed by atoms with Gasteiger partial charge in [0.15, 0.2) is 11.5 Å². The van der Waals surface area contributed by atoms with Gasteiger partial charge in [0.25, 0.3) is 5.91 Å². The summed E-state index contributed by atoms with van der Waals surface area (Å²) >= 11 is 6.21. The molecule has 0 saturated carbocycles. The van der Waals surface area contributed by atoms with E-state index >= 15 is 0 Å². The van der Waals surface area contributed by atoms with Crippen LogP contribution in [0.4, 0.5) is 0 Å². The predicted molar refractivity (Wildman–Crippen MR) is 102 cm³/mol. The van der Waals surface area contributed by atoms with Gasteiger partial charge in [0.1, 0.15) is 12.1 Å². The summed E-state index contributed by atoms with van der Waals surface area (Å²) in [5.74, 6) is 0.637. The smallest absolute Gasteiger partial charge is 0.261 e. The zero-order chi connectivity index (χ0) is 19.2. The molecular formula is C18H18ClN5O3. The van der Waals surface area contributed by atoms with E-state index < -0.39 is 0 Å². The Balaban J connectivity index is 1.66. The zero-order valence-corrected chi connectivity index (χ0v) is 15.6. The maximum atomic E-state index is 12.1. The summed E-state index contributed by atoms with van der Waals surface area (Å²) in [6.07, 6.45) is 1.47. The molecule has 1 N–H and O–H groups in total. The minimum Gasteiger partial charge on any atom is -0.493 e. The number of nitrogens with zero attached hydrogens (tertiary/aromatic N) is 4. The number of carbonyl (C=O) groups is 1. The number of rotatable bonds is 7. The molecule has 0 aliphatic rings. The van der Waals surface area contributed by atoms with Gasteiger partial charge in [-0.05, 0) is 36.8 Å². The summed E-state index contributed by atoms with van der Waals surface area (Å²) in [5, 5.41) is 12.3. The maximum Gasteiger partial charge on any atom is 0.261 e. The highest BCUT2D eigenvalue weighted by Gasteiger charge is 2.11. The number of methoxy groups -OCH3 is 1. The fraction of sp³-hybridized carbons (Fsp3) is 0.222. The van der Waals surface area contributed by atoms with Gasteiger partial charge < -0.3 is 9.47 Å². The number of hydrazone groups is 1. The lowest BCUT2D eigenvalue weighted by Gasteiger charge is -2.11. The van der Waals surface area contributed by atoms with Crippen molar-refractivity contribution in [1.29, 1.82) is 0 Å². The molecule has 0 fully saturated rings. The molecule has 0 unspecified atom stereocenters. The van der Waals surface area contributed by atoms with Crippen LogP contribution in [0.1, 0.15) is 12.5 Å². The Hall–Kier alpha value is -3.13. The third-order valence-electron chi connectivity index (χ3n) is 3.66. The third-order valence-corrected chi connectivity index (χ3v) is 3.94. The van der Waals surface area contributed by atoms with Crippen LogP contribution < -0.4 is 14.9 Å². The van der Waals surface area contributed by atoms with Gasteiger partial charge in [0, 0.05) is 0 Å². The van der Waals surface area contributed by atoms with Crippen molar-refractivity contribution >= 4 is 34.8 Å². The predicted octanol–water partition coefficient (Wildman–Crippen LogP) is 2.64. The van der Waals surface area contributed by atoms with Crippen molar-refractivity contribution in [3.05, 3.63) is 47.0 Å². The number of hydrogen-bond donors (Lipinski definition) is 1. The van der Waals surface area contributed by atoms with Crippen LogP contribution >= 0.6 is 11.6 Å². The van der Waals surface area contributed by atoms with Crippen LogP contribution in [-0.4, -0.2) is 40.8 Å². The quantitative estimate of drug-likeness (QED) is 0.497. The molecule has 1 amide bonds. The van der Waals surface area contributed by atoms with Gasteiger partial charge in [-0.15, -0.1) is 5.10 Å². The Morgan fingerprint density at radius 2 is 2.19 bits per heavy atom. The standard InChI is InChI=1S/C18H18ClN5O3/c1-3-27-18-13(19)8-12(9-16(18)26-2)10-20-22-17(25)11-24-15-7-5-4-6-14(15)21-23-24/h4-10H,3,11H2,1-2H3,(H,22,25)/b20-10-. The first-order valence-corrected chi connectivity index (χ1v) is 8.60. The Morgan fingerprint density at radius 3 is 2.96 bits per heavy atom. The fourth-order valence-corrected chi connectivity index (χ4v) is 2.76. The molecule has 1 aromatic heterocycles. The SMILES string of the molecule is CCOc1c(Cl)cc(/C=N\NC(=O)Cn2nnc3ccccc32)cc1OC. The van der Waals surface area contributed by atoms with E-state index in [4.69, 9.17) is 21.1 Å². The molecule has 9 heteroatoms. The molecule has 27 heavy (non-hydrogen) atoms. The number of benzene rings is 2. The highest BCUT2D eigenvalue weighted by molar-refractivity contribution is 6.32. The fourth-order valence-electron chi connectivity index (χ4n) is 2.48. The number of nitrogens with one attached hydrogen (secondary N) is 1. The van der Waals surface area contributed by atoms with Crippen molar-refractivity contribution in [1.82, 2.24) is 20.4 Å². The number of fused-ring (bicyclic) bond motifs is 1. The molecule has 3 aromatic rings.